The highest BCUT2D eigenvalue weighted by molar-refractivity contribution is 5.93. The molecule has 2 unspecified atom stereocenters. The Morgan fingerprint density at radius 3 is 2.46 bits per heavy atom. The number of ether oxygens (including phenoxy) is 1. The molecule has 14 heteroatoms. The Hall–Kier alpha value is -4.66. The van der Waals surface area contributed by atoms with E-state index in [1.807, 2.05) is 0 Å². The van der Waals surface area contributed by atoms with Crippen LogP contribution in [0.25, 0.3) is 0 Å². The Kier molecular flexibility index (Phi) is 15.9. The van der Waals surface area contributed by atoms with Crippen molar-refractivity contribution in [2.45, 2.75) is 103 Å². The molecule has 3 rings (SSSR count). The molecule has 3 amide bonds. The predicted molar refractivity (Wildman–Crippen MR) is 191 cm³/mol. The molecule has 0 spiro atoms. The Labute approximate surface area is 304 Å². The molecule has 0 radical (unpaired) electrons. The molecule has 2 aliphatic rings. The number of phenols is 1. The molecular weight excluding hydrogens is 672 g/mol. The first-order valence-corrected chi connectivity index (χ1v) is 17.6. The van der Waals surface area contributed by atoms with Crippen LogP contribution in [0.1, 0.15) is 78.3 Å². The molecule has 52 heavy (non-hydrogen) atoms. The van der Waals surface area contributed by atoms with E-state index in [4.69, 9.17) is 4.74 Å². The van der Waals surface area contributed by atoms with E-state index in [0.717, 1.165) is 0 Å². The number of rotatable bonds is 7. The Morgan fingerprint density at radius 2 is 1.81 bits per heavy atom. The predicted octanol–water partition coefficient (Wildman–Crippen LogP) is 2.10. The maximum Gasteiger partial charge on any atom is 0.325 e. The molecule has 284 valence electrons. The summed E-state index contributed by atoms with van der Waals surface area (Å²) in [5.74, 6) is -5.68. The van der Waals surface area contributed by atoms with Crippen molar-refractivity contribution in [3.05, 3.63) is 65.8 Å². The molecule has 0 saturated carbocycles. The quantitative estimate of drug-likeness (QED) is 0.136. The molecule has 1 aromatic rings. The van der Waals surface area contributed by atoms with Gasteiger partial charge in [-0.25, -0.2) is 5.43 Å². The monoisotopic (exact) mass is 724 g/mol. The molecule has 14 nitrogen and oxygen atoms in total. The van der Waals surface area contributed by atoms with Gasteiger partial charge in [-0.3, -0.25) is 29.0 Å². The number of esters is 1. The molecule has 1 fully saturated rings. The fourth-order valence-corrected chi connectivity index (χ4v) is 6.07. The second-order valence-electron chi connectivity index (χ2n) is 13.8. The highest BCUT2D eigenvalue weighted by Gasteiger charge is 2.39. The highest BCUT2D eigenvalue weighted by atomic mass is 16.5. The van der Waals surface area contributed by atoms with Crippen LogP contribution in [0.3, 0.4) is 0 Å². The Balaban J connectivity index is 2.09. The lowest BCUT2D eigenvalue weighted by Crippen LogP contribution is -2.59. The smallest absolute Gasteiger partial charge is 0.325 e. The van der Waals surface area contributed by atoms with Gasteiger partial charge in [-0.15, -0.1) is 0 Å². The zero-order valence-corrected chi connectivity index (χ0v) is 30.4. The molecule has 1 saturated heterocycles. The van der Waals surface area contributed by atoms with Crippen molar-refractivity contribution in [2.75, 3.05) is 6.54 Å². The van der Waals surface area contributed by atoms with Gasteiger partial charge in [0.25, 0.3) is 5.91 Å². The summed E-state index contributed by atoms with van der Waals surface area (Å²) in [5, 5.41) is 39.2. The number of aliphatic hydroxyl groups is 2. The number of aliphatic hydroxyl groups excluding tert-OH is 2. The minimum atomic E-state index is -1.42. The van der Waals surface area contributed by atoms with E-state index in [-0.39, 0.29) is 42.9 Å². The first-order valence-electron chi connectivity index (χ1n) is 17.6. The van der Waals surface area contributed by atoms with Gasteiger partial charge in [-0.1, -0.05) is 57.2 Å². The molecule has 2 aliphatic heterocycles. The van der Waals surface area contributed by atoms with Crippen molar-refractivity contribution >= 4 is 35.8 Å². The van der Waals surface area contributed by atoms with Gasteiger partial charge in [-0.05, 0) is 68.4 Å². The summed E-state index contributed by atoms with van der Waals surface area (Å²) in [5.41, 5.74) is 3.64. The van der Waals surface area contributed by atoms with Gasteiger partial charge in [0.1, 0.15) is 42.0 Å². The van der Waals surface area contributed by atoms with Crippen LogP contribution in [-0.2, 0) is 33.5 Å². The molecule has 8 atom stereocenters. The fourth-order valence-electron chi connectivity index (χ4n) is 6.07. The summed E-state index contributed by atoms with van der Waals surface area (Å²) < 4.78 is 5.81. The van der Waals surface area contributed by atoms with Gasteiger partial charge in [0.2, 0.25) is 11.8 Å². The van der Waals surface area contributed by atoms with Crippen molar-refractivity contribution in [2.24, 2.45) is 17.8 Å². The number of carbonyl (C=O) groups excluding carboxylic acids is 6. The Bertz CT molecular complexity index is 1540. The van der Waals surface area contributed by atoms with Gasteiger partial charge >= 0.3 is 5.97 Å². The normalized spacial score (nSPS) is 30.2. The number of Topliss-reactive ketones (excluding diaryl/α,β-unsaturated/α-hetero) is 1. The second kappa shape index (κ2) is 19.8. The molecule has 0 aliphatic carbocycles. The van der Waals surface area contributed by atoms with E-state index in [9.17, 15) is 44.1 Å². The van der Waals surface area contributed by atoms with Gasteiger partial charge in [0.15, 0.2) is 0 Å². The number of hydrogen-bond donors (Lipinski definition) is 6. The van der Waals surface area contributed by atoms with E-state index < -0.39 is 77.9 Å². The van der Waals surface area contributed by atoms with Crippen LogP contribution < -0.4 is 16.1 Å². The maximum atomic E-state index is 14.2. The van der Waals surface area contributed by atoms with Gasteiger partial charge in [0.05, 0.1) is 18.1 Å². The number of phenolic OH excluding ortho intramolecular Hbond substituents is 1. The molecule has 1 aromatic carbocycles. The number of ketones is 1. The van der Waals surface area contributed by atoms with Gasteiger partial charge < -0.3 is 35.5 Å². The SMILES string of the molecule is CC(=O)CC[C@H]1C(=O)N[C@@H](C(C)C)C(=O)NC(c2cccc(O)c2)C(=O)N2CCCC(N2)C(=O)O[C@H](/C(C)=C/C=O)C/C=C/C=C/[C@H](O)[C@H](C)[C@H]1O. The van der Waals surface area contributed by atoms with E-state index in [1.165, 1.54) is 48.4 Å². The zero-order valence-electron chi connectivity index (χ0n) is 30.4. The van der Waals surface area contributed by atoms with Crippen molar-refractivity contribution in [1.29, 1.82) is 0 Å². The molecule has 6 N–H and O–H groups in total. The number of amides is 3. The third kappa shape index (κ3) is 11.7. The summed E-state index contributed by atoms with van der Waals surface area (Å²) in [6, 6.07) is 2.27. The van der Waals surface area contributed by atoms with Crippen LogP contribution in [0.2, 0.25) is 0 Å². The molecule has 2 heterocycles. The van der Waals surface area contributed by atoms with Crippen molar-refractivity contribution < 1.29 is 48.8 Å². The standard InChI is InChI=1S/C38H52N4O10/c1-22(2)32-36(49)40-33(26-11-9-12-27(45)21-26)37(50)42-19-10-13-29(41-42)38(51)52-31(23(3)18-20-43)15-8-6-7-14-30(46)25(5)34(47)28(35(48)39-32)17-16-24(4)44/h6-9,11-12,14,18,20-22,25,28-34,41,45-47H,10,13,15-17,19H2,1-5H3,(H,39,48)(H,40,49)/b8-6+,14-7+,23-18+/t25-,28+,29?,30-,31-,32-,33?,34+/m0/s1. The van der Waals surface area contributed by atoms with Gasteiger partial charge in [-0.2, -0.15) is 0 Å². The third-order valence-electron chi connectivity index (χ3n) is 9.36. The van der Waals surface area contributed by atoms with E-state index in [2.05, 4.69) is 16.1 Å². The first-order chi connectivity index (χ1) is 24.6. The number of nitrogens with one attached hydrogen (secondary N) is 3. The lowest BCUT2D eigenvalue weighted by molar-refractivity contribution is -0.156. The second-order valence-corrected chi connectivity index (χ2v) is 13.8. The summed E-state index contributed by atoms with van der Waals surface area (Å²) in [6.45, 7) is 8.11. The third-order valence-corrected chi connectivity index (χ3v) is 9.36. The summed E-state index contributed by atoms with van der Waals surface area (Å²) in [4.78, 5) is 78.5. The topological polar surface area (TPSA) is 212 Å². The first kappa shape index (κ1) is 41.8. The van der Waals surface area contributed by atoms with Crippen LogP contribution in [0.4, 0.5) is 0 Å². The number of benzene rings is 1. The summed E-state index contributed by atoms with van der Waals surface area (Å²) >= 11 is 0. The van der Waals surface area contributed by atoms with Crippen LogP contribution in [0, 0.1) is 17.8 Å². The number of hydrazine groups is 1. The number of hydrogen-bond acceptors (Lipinski definition) is 11. The number of carbonyl (C=O) groups is 6. The Morgan fingerprint density at radius 1 is 1.08 bits per heavy atom. The van der Waals surface area contributed by atoms with E-state index in [0.29, 0.717) is 24.7 Å². The van der Waals surface area contributed by atoms with Crippen LogP contribution in [0.15, 0.2) is 60.2 Å². The zero-order chi connectivity index (χ0) is 38.5. The van der Waals surface area contributed by atoms with Crippen molar-refractivity contribution in [3.8, 4) is 5.75 Å². The maximum absolute atomic E-state index is 14.2. The number of allylic oxidation sites excluding steroid dienone is 3. The van der Waals surface area contributed by atoms with E-state index >= 15 is 0 Å². The van der Waals surface area contributed by atoms with E-state index in [1.54, 1.807) is 45.9 Å². The van der Waals surface area contributed by atoms with Gasteiger partial charge in [0, 0.05) is 25.3 Å². The summed E-state index contributed by atoms with van der Waals surface area (Å²) in [7, 11) is 0. The van der Waals surface area contributed by atoms with Crippen molar-refractivity contribution in [3.63, 3.8) is 0 Å². The van der Waals surface area contributed by atoms with Crippen LogP contribution >= 0.6 is 0 Å². The number of nitrogens with zero attached hydrogens (tertiary/aromatic N) is 1. The number of cyclic esters (lactones) is 1. The molecular formula is C38H52N4O10. The lowest BCUT2D eigenvalue weighted by Gasteiger charge is -2.36. The van der Waals surface area contributed by atoms with Crippen LogP contribution in [0.5, 0.6) is 5.75 Å². The largest absolute Gasteiger partial charge is 0.508 e. The minimum Gasteiger partial charge on any atom is -0.508 e. The minimum absolute atomic E-state index is 0.0311. The lowest BCUT2D eigenvalue weighted by atomic mass is 9.84. The summed E-state index contributed by atoms with van der Waals surface area (Å²) in [6.07, 6.45) is 5.50. The number of fused-ring (bicyclic) bond motifs is 2. The fraction of sp³-hybridized carbons (Fsp3) is 0.526. The molecule has 2 bridgehead atoms. The molecule has 0 aromatic heterocycles. The van der Waals surface area contributed by atoms with Crippen LogP contribution in [-0.4, -0.2) is 93.0 Å². The number of aldehydes is 1. The van der Waals surface area contributed by atoms with Crippen molar-refractivity contribution in [1.82, 2.24) is 21.1 Å². The average Bonchev–Trinajstić information content (AvgIpc) is 3.10. The highest BCUT2D eigenvalue weighted by Crippen LogP contribution is 2.25. The average molecular weight is 725 g/mol. The number of aromatic hydroxyl groups is 1.